The van der Waals surface area contributed by atoms with Crippen LogP contribution in [-0.4, -0.2) is 62.1 Å². The molecule has 0 amide bonds. The van der Waals surface area contributed by atoms with Crippen molar-refractivity contribution in [2.24, 2.45) is 5.73 Å². The number of nitrogens with two attached hydrogens (primary N) is 1. The quantitative estimate of drug-likeness (QED) is 0.714. The number of unbranched alkanes of at least 4 members (excludes halogenated alkanes) is 1. The maximum Gasteiger partial charge on any atom is 0.214 e. The van der Waals surface area contributed by atoms with Crippen LogP contribution in [0, 0.1) is 0 Å². The second kappa shape index (κ2) is 5.65. The van der Waals surface area contributed by atoms with Crippen molar-refractivity contribution in [1.29, 1.82) is 0 Å². The van der Waals surface area contributed by atoms with Gasteiger partial charge in [0.05, 0.1) is 5.75 Å². The average Bonchev–Trinajstić information content (AvgIpc) is 2.22. The smallest absolute Gasteiger partial charge is 0.214 e. The molecule has 2 N–H and O–H groups in total. The Morgan fingerprint density at radius 3 is 2.41 bits per heavy atom. The Balaban J connectivity index is 2.61. The summed E-state index contributed by atoms with van der Waals surface area (Å²) in [5, 5.41) is 0. The first-order valence-electron chi connectivity index (χ1n) is 6.19. The van der Waals surface area contributed by atoms with Crippen molar-refractivity contribution >= 4 is 10.0 Å². The third-order valence-electron chi connectivity index (χ3n) is 3.53. The lowest BCUT2D eigenvalue weighted by atomic mass is 10.0. The van der Waals surface area contributed by atoms with E-state index < -0.39 is 10.0 Å². The standard InChI is InChI=1S/C11H25N3O2S/c1-11(2)10-14(8-7-13(11)3)17(15,16)9-5-4-6-12/h4-10,12H2,1-3H3. The summed E-state index contributed by atoms with van der Waals surface area (Å²) in [6.45, 7) is 6.69. The fraction of sp³-hybridized carbons (Fsp3) is 1.00. The molecule has 1 aliphatic heterocycles. The van der Waals surface area contributed by atoms with Crippen LogP contribution in [0.25, 0.3) is 0 Å². The molecule has 1 aliphatic rings. The summed E-state index contributed by atoms with van der Waals surface area (Å²) in [7, 11) is -1.06. The van der Waals surface area contributed by atoms with Crippen LogP contribution in [0.4, 0.5) is 0 Å². The maximum absolute atomic E-state index is 12.1. The molecule has 0 aromatic rings. The molecule has 1 fully saturated rings. The zero-order valence-corrected chi connectivity index (χ0v) is 12.0. The van der Waals surface area contributed by atoms with Gasteiger partial charge in [-0.05, 0) is 40.3 Å². The van der Waals surface area contributed by atoms with Gasteiger partial charge in [-0.25, -0.2) is 8.42 Å². The van der Waals surface area contributed by atoms with E-state index in [1.54, 1.807) is 4.31 Å². The second-order valence-electron chi connectivity index (χ2n) is 5.38. The maximum atomic E-state index is 12.1. The number of sulfonamides is 1. The molecule has 102 valence electrons. The van der Waals surface area contributed by atoms with Crippen LogP contribution >= 0.6 is 0 Å². The minimum atomic E-state index is -3.10. The molecule has 1 rings (SSSR count). The lowest BCUT2D eigenvalue weighted by Gasteiger charge is -2.44. The molecule has 0 radical (unpaired) electrons. The molecule has 5 nitrogen and oxygen atoms in total. The molecule has 17 heavy (non-hydrogen) atoms. The van der Waals surface area contributed by atoms with E-state index in [0.717, 1.165) is 13.0 Å². The third kappa shape index (κ3) is 3.91. The van der Waals surface area contributed by atoms with E-state index in [0.29, 0.717) is 26.1 Å². The molecule has 6 heteroatoms. The first-order chi connectivity index (χ1) is 7.79. The lowest BCUT2D eigenvalue weighted by molar-refractivity contribution is 0.0801. The molecule has 0 aromatic carbocycles. The van der Waals surface area contributed by atoms with Crippen molar-refractivity contribution < 1.29 is 8.42 Å². The number of piperazine rings is 1. The van der Waals surface area contributed by atoms with E-state index in [-0.39, 0.29) is 11.3 Å². The number of rotatable bonds is 5. The van der Waals surface area contributed by atoms with Gasteiger partial charge in [0.15, 0.2) is 0 Å². The highest BCUT2D eigenvalue weighted by Crippen LogP contribution is 2.21. The number of nitrogens with zero attached hydrogens (tertiary/aromatic N) is 2. The van der Waals surface area contributed by atoms with Crippen LogP contribution in [0.5, 0.6) is 0 Å². The summed E-state index contributed by atoms with van der Waals surface area (Å²) in [6.07, 6.45) is 1.43. The highest BCUT2D eigenvalue weighted by molar-refractivity contribution is 7.89. The minimum absolute atomic E-state index is 0.0841. The highest BCUT2D eigenvalue weighted by atomic mass is 32.2. The summed E-state index contributed by atoms with van der Waals surface area (Å²) in [5.41, 5.74) is 5.30. The minimum Gasteiger partial charge on any atom is -0.330 e. The van der Waals surface area contributed by atoms with Crippen LogP contribution in [0.2, 0.25) is 0 Å². The second-order valence-corrected chi connectivity index (χ2v) is 7.47. The Hall–Kier alpha value is -0.170. The molecular weight excluding hydrogens is 238 g/mol. The Labute approximate surface area is 105 Å². The van der Waals surface area contributed by atoms with Crippen molar-refractivity contribution in [2.45, 2.75) is 32.2 Å². The SMILES string of the molecule is CN1CCN(S(=O)(=O)CCCCN)CC1(C)C. The molecular formula is C11H25N3O2S. The van der Waals surface area contributed by atoms with Crippen LogP contribution in [0.3, 0.4) is 0 Å². The summed E-state index contributed by atoms with van der Waals surface area (Å²) >= 11 is 0. The Kier molecular flexibility index (Phi) is 4.95. The Bertz CT molecular complexity index is 341. The van der Waals surface area contributed by atoms with E-state index in [1.165, 1.54) is 0 Å². The molecule has 0 aromatic heterocycles. The van der Waals surface area contributed by atoms with E-state index in [1.807, 2.05) is 7.05 Å². The Morgan fingerprint density at radius 1 is 1.24 bits per heavy atom. The van der Waals surface area contributed by atoms with Gasteiger partial charge in [0.1, 0.15) is 0 Å². The monoisotopic (exact) mass is 263 g/mol. The summed E-state index contributed by atoms with van der Waals surface area (Å²) in [4.78, 5) is 2.21. The van der Waals surface area contributed by atoms with Crippen molar-refractivity contribution in [1.82, 2.24) is 9.21 Å². The van der Waals surface area contributed by atoms with E-state index in [2.05, 4.69) is 18.7 Å². The van der Waals surface area contributed by atoms with E-state index in [4.69, 9.17) is 5.73 Å². The Morgan fingerprint density at radius 2 is 1.88 bits per heavy atom. The van der Waals surface area contributed by atoms with E-state index >= 15 is 0 Å². The summed E-state index contributed by atoms with van der Waals surface area (Å²) < 4.78 is 25.9. The zero-order chi connectivity index (χ0) is 13.1. The molecule has 0 aliphatic carbocycles. The van der Waals surface area contributed by atoms with Gasteiger partial charge in [0.2, 0.25) is 10.0 Å². The van der Waals surface area contributed by atoms with Crippen LogP contribution in [0.15, 0.2) is 0 Å². The highest BCUT2D eigenvalue weighted by Gasteiger charge is 2.35. The van der Waals surface area contributed by atoms with Crippen molar-refractivity contribution in [3.05, 3.63) is 0 Å². The van der Waals surface area contributed by atoms with Gasteiger partial charge in [-0.15, -0.1) is 0 Å². The van der Waals surface area contributed by atoms with E-state index in [9.17, 15) is 8.42 Å². The van der Waals surface area contributed by atoms with Gasteiger partial charge in [-0.3, -0.25) is 4.90 Å². The molecule has 1 saturated heterocycles. The van der Waals surface area contributed by atoms with Crippen molar-refractivity contribution in [2.75, 3.05) is 39.0 Å². The first-order valence-corrected chi connectivity index (χ1v) is 7.80. The molecule has 0 saturated carbocycles. The van der Waals surface area contributed by atoms with Crippen LogP contribution < -0.4 is 5.73 Å². The third-order valence-corrected chi connectivity index (χ3v) is 5.43. The predicted molar refractivity (Wildman–Crippen MR) is 70.4 cm³/mol. The largest absolute Gasteiger partial charge is 0.330 e. The number of likely N-dealkylation sites (N-methyl/N-ethyl adjacent to an activating group) is 1. The lowest BCUT2D eigenvalue weighted by Crippen LogP contribution is -2.59. The topological polar surface area (TPSA) is 66.6 Å². The zero-order valence-electron chi connectivity index (χ0n) is 11.1. The average molecular weight is 263 g/mol. The number of hydrogen-bond donors (Lipinski definition) is 1. The van der Waals surface area contributed by atoms with Gasteiger partial charge in [-0.2, -0.15) is 4.31 Å². The van der Waals surface area contributed by atoms with Gasteiger partial charge in [-0.1, -0.05) is 0 Å². The van der Waals surface area contributed by atoms with Gasteiger partial charge in [0, 0.05) is 25.2 Å². The van der Waals surface area contributed by atoms with Crippen LogP contribution in [0.1, 0.15) is 26.7 Å². The fourth-order valence-electron chi connectivity index (χ4n) is 1.99. The normalized spacial score (nSPS) is 22.8. The molecule has 0 spiro atoms. The molecule has 1 heterocycles. The molecule has 0 unspecified atom stereocenters. The summed E-state index contributed by atoms with van der Waals surface area (Å²) in [6, 6.07) is 0. The van der Waals surface area contributed by atoms with Gasteiger partial charge >= 0.3 is 0 Å². The van der Waals surface area contributed by atoms with Gasteiger partial charge < -0.3 is 5.73 Å². The van der Waals surface area contributed by atoms with Crippen molar-refractivity contribution in [3.63, 3.8) is 0 Å². The number of hydrogen-bond acceptors (Lipinski definition) is 4. The summed E-state index contributed by atoms with van der Waals surface area (Å²) in [5.74, 6) is 0.226. The van der Waals surface area contributed by atoms with Gasteiger partial charge in [0.25, 0.3) is 0 Å². The van der Waals surface area contributed by atoms with Crippen LogP contribution in [-0.2, 0) is 10.0 Å². The fourth-order valence-corrected chi connectivity index (χ4v) is 3.69. The van der Waals surface area contributed by atoms with Crippen molar-refractivity contribution in [3.8, 4) is 0 Å². The molecule has 0 bridgehead atoms. The molecule has 0 atom stereocenters. The predicted octanol–water partition coefficient (Wildman–Crippen LogP) is 0.0811. The first kappa shape index (κ1) is 14.9.